The molecular weight excluding hydrogens is 244 g/mol. The molecule has 1 aliphatic carbocycles. The lowest BCUT2D eigenvalue weighted by Gasteiger charge is -2.33. The molecule has 0 radical (unpaired) electrons. The van der Waals surface area contributed by atoms with Crippen molar-refractivity contribution in [2.24, 2.45) is 0 Å². The molecule has 5 heteroatoms. The Kier molecular flexibility index (Phi) is 4.80. The minimum atomic E-state index is -0.800. The van der Waals surface area contributed by atoms with Crippen LogP contribution in [-0.4, -0.2) is 59.0 Å². The summed E-state index contributed by atoms with van der Waals surface area (Å²) < 4.78 is 0. The Morgan fingerprint density at radius 2 is 1.84 bits per heavy atom. The van der Waals surface area contributed by atoms with E-state index in [9.17, 15) is 9.59 Å². The Balaban J connectivity index is 1.87. The lowest BCUT2D eigenvalue weighted by Crippen LogP contribution is -2.46. The number of amides is 1. The molecule has 1 atom stereocenters. The van der Waals surface area contributed by atoms with E-state index < -0.39 is 12.0 Å². The molecule has 1 amide bonds. The number of rotatable bonds is 4. The quantitative estimate of drug-likeness (QED) is 0.835. The third-order valence-electron chi connectivity index (χ3n) is 4.50. The molecule has 19 heavy (non-hydrogen) atoms. The zero-order valence-electron chi connectivity index (χ0n) is 11.7. The number of likely N-dealkylation sites (tertiary alicyclic amines) is 1. The zero-order chi connectivity index (χ0) is 13.8. The number of likely N-dealkylation sites (N-methyl/N-ethyl adjacent to an activating group) is 1. The van der Waals surface area contributed by atoms with Gasteiger partial charge in [0.15, 0.2) is 0 Å². The largest absolute Gasteiger partial charge is 0.480 e. The van der Waals surface area contributed by atoms with Gasteiger partial charge in [0.05, 0.1) is 6.54 Å². The molecule has 2 fully saturated rings. The average Bonchev–Trinajstić information content (AvgIpc) is 2.87. The van der Waals surface area contributed by atoms with E-state index in [0.717, 1.165) is 25.8 Å². The smallest absolute Gasteiger partial charge is 0.320 e. The number of carboxylic acids is 1. The number of carboxylic acid groups (broad SMARTS) is 1. The van der Waals surface area contributed by atoms with Gasteiger partial charge in [-0.2, -0.15) is 0 Å². The number of nitrogens with zero attached hydrogens (tertiary/aromatic N) is 2. The highest BCUT2D eigenvalue weighted by Gasteiger charge is 2.33. The Hall–Kier alpha value is -1.10. The van der Waals surface area contributed by atoms with Crippen LogP contribution in [0.4, 0.5) is 0 Å². The second-order valence-electron chi connectivity index (χ2n) is 5.76. The fourth-order valence-corrected chi connectivity index (χ4v) is 3.25. The number of aliphatic carboxylic acids is 1. The average molecular weight is 268 g/mol. The van der Waals surface area contributed by atoms with Gasteiger partial charge in [0.1, 0.15) is 6.04 Å². The Bertz CT molecular complexity index is 340. The van der Waals surface area contributed by atoms with Gasteiger partial charge in [0.2, 0.25) is 5.91 Å². The van der Waals surface area contributed by atoms with E-state index in [2.05, 4.69) is 0 Å². The first-order chi connectivity index (χ1) is 9.09. The third-order valence-corrected chi connectivity index (χ3v) is 4.50. The second-order valence-corrected chi connectivity index (χ2v) is 5.76. The zero-order valence-corrected chi connectivity index (χ0v) is 11.7. The highest BCUT2D eigenvalue weighted by molar-refractivity contribution is 5.80. The lowest BCUT2D eigenvalue weighted by atomic mass is 9.94. The summed E-state index contributed by atoms with van der Waals surface area (Å²) in [5.41, 5.74) is 0. The maximum absolute atomic E-state index is 12.3. The van der Waals surface area contributed by atoms with Crippen molar-refractivity contribution in [3.05, 3.63) is 0 Å². The minimum absolute atomic E-state index is 0.0695. The molecule has 1 saturated carbocycles. The van der Waals surface area contributed by atoms with E-state index in [1.165, 1.54) is 19.3 Å². The third kappa shape index (κ3) is 3.47. The van der Waals surface area contributed by atoms with Crippen LogP contribution in [0, 0.1) is 0 Å². The Morgan fingerprint density at radius 1 is 1.16 bits per heavy atom. The monoisotopic (exact) mass is 268 g/mol. The van der Waals surface area contributed by atoms with Crippen LogP contribution in [0.25, 0.3) is 0 Å². The molecule has 1 saturated heterocycles. The van der Waals surface area contributed by atoms with Crippen LogP contribution in [0.5, 0.6) is 0 Å². The van der Waals surface area contributed by atoms with Crippen molar-refractivity contribution in [3.8, 4) is 0 Å². The number of carbonyl (C=O) groups excluding carboxylic acids is 1. The summed E-state index contributed by atoms with van der Waals surface area (Å²) in [5, 5.41) is 9.12. The molecule has 0 aromatic heterocycles. The van der Waals surface area contributed by atoms with Crippen LogP contribution in [0.1, 0.15) is 44.9 Å². The number of carbonyl (C=O) groups is 2. The fraction of sp³-hybridized carbons (Fsp3) is 0.857. The van der Waals surface area contributed by atoms with Crippen LogP contribution in [-0.2, 0) is 9.59 Å². The summed E-state index contributed by atoms with van der Waals surface area (Å²) in [7, 11) is 1.87. The van der Waals surface area contributed by atoms with E-state index in [1.807, 2.05) is 16.8 Å². The molecule has 2 aliphatic rings. The highest BCUT2D eigenvalue weighted by atomic mass is 16.4. The maximum Gasteiger partial charge on any atom is 0.320 e. The molecular formula is C14H24N2O3. The van der Waals surface area contributed by atoms with Gasteiger partial charge in [-0.25, -0.2) is 0 Å². The van der Waals surface area contributed by atoms with Crippen molar-refractivity contribution in [1.29, 1.82) is 0 Å². The second kappa shape index (κ2) is 6.37. The predicted molar refractivity (Wildman–Crippen MR) is 71.9 cm³/mol. The van der Waals surface area contributed by atoms with Gasteiger partial charge in [-0.1, -0.05) is 19.3 Å². The molecule has 0 spiro atoms. The molecule has 1 aliphatic heterocycles. The summed E-state index contributed by atoms with van der Waals surface area (Å²) in [5.74, 6) is -0.731. The van der Waals surface area contributed by atoms with Crippen molar-refractivity contribution in [1.82, 2.24) is 9.80 Å². The molecule has 0 aromatic carbocycles. The van der Waals surface area contributed by atoms with E-state index in [4.69, 9.17) is 5.11 Å². The summed E-state index contributed by atoms with van der Waals surface area (Å²) >= 11 is 0. The SMILES string of the molecule is CN(C(=O)CN1CCCC1C(=O)O)C1CCCCC1. The van der Waals surface area contributed by atoms with Gasteiger partial charge < -0.3 is 10.0 Å². The van der Waals surface area contributed by atoms with Crippen LogP contribution in [0.3, 0.4) is 0 Å². The number of hydrogen-bond acceptors (Lipinski definition) is 3. The summed E-state index contributed by atoms with van der Waals surface area (Å²) in [6.07, 6.45) is 7.38. The van der Waals surface area contributed by atoms with Crippen molar-refractivity contribution >= 4 is 11.9 Å². The van der Waals surface area contributed by atoms with Crippen LogP contribution in [0.15, 0.2) is 0 Å². The number of hydrogen-bond donors (Lipinski definition) is 1. The van der Waals surface area contributed by atoms with Gasteiger partial charge in [-0.3, -0.25) is 14.5 Å². The highest BCUT2D eigenvalue weighted by Crippen LogP contribution is 2.23. The van der Waals surface area contributed by atoms with Gasteiger partial charge >= 0.3 is 5.97 Å². The summed E-state index contributed by atoms with van der Waals surface area (Å²) in [6.45, 7) is 0.977. The first kappa shape index (κ1) is 14.3. The van der Waals surface area contributed by atoms with Crippen molar-refractivity contribution in [2.45, 2.75) is 57.0 Å². The summed E-state index contributed by atoms with van der Waals surface area (Å²) in [4.78, 5) is 27.0. The molecule has 1 heterocycles. The standard InChI is InChI=1S/C14H24N2O3/c1-15(11-6-3-2-4-7-11)13(17)10-16-9-5-8-12(16)14(18)19/h11-12H,2-10H2,1H3,(H,18,19). The van der Waals surface area contributed by atoms with Crippen molar-refractivity contribution < 1.29 is 14.7 Å². The lowest BCUT2D eigenvalue weighted by molar-refractivity contribution is -0.143. The molecule has 0 aromatic rings. The molecule has 108 valence electrons. The van der Waals surface area contributed by atoms with Crippen LogP contribution < -0.4 is 0 Å². The fourth-order valence-electron chi connectivity index (χ4n) is 3.25. The van der Waals surface area contributed by atoms with E-state index in [1.54, 1.807) is 0 Å². The topological polar surface area (TPSA) is 60.9 Å². The van der Waals surface area contributed by atoms with Gasteiger partial charge in [-0.15, -0.1) is 0 Å². The molecule has 5 nitrogen and oxygen atoms in total. The van der Waals surface area contributed by atoms with E-state index in [-0.39, 0.29) is 12.5 Å². The van der Waals surface area contributed by atoms with E-state index >= 15 is 0 Å². The molecule has 2 rings (SSSR count). The minimum Gasteiger partial charge on any atom is -0.480 e. The first-order valence-electron chi connectivity index (χ1n) is 7.32. The van der Waals surface area contributed by atoms with Gasteiger partial charge in [0, 0.05) is 13.1 Å². The van der Waals surface area contributed by atoms with Gasteiger partial charge in [-0.05, 0) is 32.2 Å². The first-order valence-corrected chi connectivity index (χ1v) is 7.32. The molecule has 1 unspecified atom stereocenters. The van der Waals surface area contributed by atoms with Gasteiger partial charge in [0.25, 0.3) is 0 Å². The predicted octanol–water partition coefficient (Wildman–Crippen LogP) is 1.33. The molecule has 1 N–H and O–H groups in total. The van der Waals surface area contributed by atoms with Crippen LogP contribution in [0.2, 0.25) is 0 Å². The van der Waals surface area contributed by atoms with Crippen LogP contribution >= 0.6 is 0 Å². The maximum atomic E-state index is 12.3. The Labute approximate surface area is 114 Å². The molecule has 0 bridgehead atoms. The normalized spacial score (nSPS) is 25.4. The Morgan fingerprint density at radius 3 is 2.47 bits per heavy atom. The van der Waals surface area contributed by atoms with Crippen molar-refractivity contribution in [3.63, 3.8) is 0 Å². The summed E-state index contributed by atoms with van der Waals surface area (Å²) in [6, 6.07) is -0.115. The van der Waals surface area contributed by atoms with E-state index in [0.29, 0.717) is 12.5 Å². The van der Waals surface area contributed by atoms with Crippen molar-refractivity contribution in [2.75, 3.05) is 20.1 Å².